The summed E-state index contributed by atoms with van der Waals surface area (Å²) in [6, 6.07) is 54.7. The summed E-state index contributed by atoms with van der Waals surface area (Å²) < 4.78 is 0. The first kappa shape index (κ1) is 30.8. The standard InChI is InChI=1S/C45H29N7/c1-3-12-30(13-4-1)31-20-22-33(23-21-31)44-50-43(32-14-5-2-6-15-32)51-45(52-44)36-17-11-16-34(28-36)35-24-25-37-40(29-35)49-42(39-19-8-10-27-47-39)41(48-37)38-18-7-9-26-46-38/h1-29H. The highest BCUT2D eigenvalue weighted by atomic mass is 15.0. The van der Waals surface area contributed by atoms with Crippen LogP contribution in [-0.2, 0) is 0 Å². The van der Waals surface area contributed by atoms with Gasteiger partial charge in [0.2, 0.25) is 0 Å². The molecule has 0 aliphatic rings. The highest BCUT2D eigenvalue weighted by molar-refractivity contribution is 5.88. The van der Waals surface area contributed by atoms with Gasteiger partial charge in [0.25, 0.3) is 0 Å². The number of hydrogen-bond donors (Lipinski definition) is 0. The number of rotatable bonds is 7. The van der Waals surface area contributed by atoms with Crippen molar-refractivity contribution >= 4 is 11.0 Å². The fraction of sp³-hybridized carbons (Fsp3) is 0. The third-order valence-corrected chi connectivity index (χ3v) is 8.85. The Morgan fingerprint density at radius 1 is 0.269 bits per heavy atom. The number of aromatic nitrogens is 7. The zero-order chi connectivity index (χ0) is 34.7. The summed E-state index contributed by atoms with van der Waals surface area (Å²) in [7, 11) is 0. The van der Waals surface area contributed by atoms with Crippen LogP contribution in [0.2, 0.25) is 0 Å². The maximum atomic E-state index is 5.11. The Bertz CT molecular complexity index is 2650. The van der Waals surface area contributed by atoms with E-state index in [1.807, 2.05) is 103 Å². The maximum Gasteiger partial charge on any atom is 0.164 e. The van der Waals surface area contributed by atoms with Crippen molar-refractivity contribution in [1.29, 1.82) is 0 Å². The van der Waals surface area contributed by atoms with E-state index in [-0.39, 0.29) is 0 Å². The molecule has 0 bridgehead atoms. The molecule has 0 amide bonds. The summed E-state index contributed by atoms with van der Waals surface area (Å²) in [6.45, 7) is 0. The molecule has 0 aliphatic heterocycles. The lowest BCUT2D eigenvalue weighted by molar-refractivity contribution is 1.07. The average Bonchev–Trinajstić information content (AvgIpc) is 3.24. The maximum absolute atomic E-state index is 5.11. The van der Waals surface area contributed by atoms with Crippen LogP contribution < -0.4 is 0 Å². The molecule has 4 aromatic heterocycles. The smallest absolute Gasteiger partial charge is 0.164 e. The molecular weight excluding hydrogens is 639 g/mol. The van der Waals surface area contributed by atoms with Crippen molar-refractivity contribution in [2.75, 3.05) is 0 Å². The molecule has 0 saturated heterocycles. The Morgan fingerprint density at radius 3 is 1.33 bits per heavy atom. The van der Waals surface area contributed by atoms with E-state index in [2.05, 4.69) is 70.6 Å². The molecule has 0 saturated carbocycles. The van der Waals surface area contributed by atoms with Crippen molar-refractivity contribution in [2.24, 2.45) is 0 Å². The van der Waals surface area contributed by atoms with E-state index in [9.17, 15) is 0 Å². The van der Waals surface area contributed by atoms with Crippen LogP contribution >= 0.6 is 0 Å². The number of pyridine rings is 2. The molecule has 0 atom stereocenters. The fourth-order valence-corrected chi connectivity index (χ4v) is 6.23. The summed E-state index contributed by atoms with van der Waals surface area (Å²) in [4.78, 5) is 34.2. The molecule has 0 fully saturated rings. The molecular formula is C45H29N7. The minimum Gasteiger partial charge on any atom is -0.255 e. The van der Waals surface area contributed by atoms with Gasteiger partial charge in [-0.05, 0) is 64.7 Å². The second-order valence-corrected chi connectivity index (χ2v) is 12.3. The summed E-state index contributed by atoms with van der Waals surface area (Å²) in [5, 5.41) is 0. The third kappa shape index (κ3) is 6.19. The van der Waals surface area contributed by atoms with Gasteiger partial charge in [-0.2, -0.15) is 0 Å². The molecule has 0 N–H and O–H groups in total. The average molecular weight is 668 g/mol. The highest BCUT2D eigenvalue weighted by Crippen LogP contribution is 2.33. The van der Waals surface area contributed by atoms with Gasteiger partial charge >= 0.3 is 0 Å². The Balaban J connectivity index is 1.12. The SMILES string of the molecule is c1ccc(-c2ccc(-c3nc(-c4ccccc4)nc(-c4cccc(-c5ccc6nc(-c7ccccn7)c(-c7ccccn7)nc6c5)c4)n3)cc2)cc1. The summed E-state index contributed by atoms with van der Waals surface area (Å²) >= 11 is 0. The molecule has 244 valence electrons. The van der Waals surface area contributed by atoms with Gasteiger partial charge in [0.05, 0.1) is 22.4 Å². The topological polar surface area (TPSA) is 90.2 Å². The zero-order valence-corrected chi connectivity index (χ0v) is 27.9. The molecule has 7 nitrogen and oxygen atoms in total. The van der Waals surface area contributed by atoms with Crippen molar-refractivity contribution in [2.45, 2.75) is 0 Å². The molecule has 52 heavy (non-hydrogen) atoms. The van der Waals surface area contributed by atoms with Crippen LogP contribution in [0, 0.1) is 0 Å². The minimum absolute atomic E-state index is 0.593. The van der Waals surface area contributed by atoms with Crippen LogP contribution in [0.15, 0.2) is 176 Å². The summed E-state index contributed by atoms with van der Waals surface area (Å²) in [6.07, 6.45) is 3.53. The van der Waals surface area contributed by atoms with Gasteiger partial charge in [0.1, 0.15) is 11.4 Å². The minimum atomic E-state index is 0.593. The quantitative estimate of drug-likeness (QED) is 0.167. The van der Waals surface area contributed by atoms with E-state index in [0.29, 0.717) is 28.9 Å². The second kappa shape index (κ2) is 13.6. The van der Waals surface area contributed by atoms with E-state index >= 15 is 0 Å². The van der Waals surface area contributed by atoms with Gasteiger partial charge in [-0.1, -0.05) is 121 Å². The van der Waals surface area contributed by atoms with Gasteiger partial charge in [-0.3, -0.25) is 9.97 Å². The Kier molecular flexibility index (Phi) is 8.04. The van der Waals surface area contributed by atoms with E-state index in [4.69, 9.17) is 24.9 Å². The van der Waals surface area contributed by atoms with E-state index in [0.717, 1.165) is 61.4 Å². The number of nitrogens with zero attached hydrogens (tertiary/aromatic N) is 7. The number of hydrogen-bond acceptors (Lipinski definition) is 7. The van der Waals surface area contributed by atoms with Crippen molar-refractivity contribution in [3.05, 3.63) is 176 Å². The highest BCUT2D eigenvalue weighted by Gasteiger charge is 2.17. The van der Waals surface area contributed by atoms with Crippen LogP contribution in [0.5, 0.6) is 0 Å². The van der Waals surface area contributed by atoms with E-state index in [1.54, 1.807) is 12.4 Å². The molecule has 5 aromatic carbocycles. The van der Waals surface area contributed by atoms with Gasteiger partial charge in [0.15, 0.2) is 17.5 Å². The Morgan fingerprint density at radius 2 is 0.712 bits per heavy atom. The number of fused-ring (bicyclic) bond motifs is 1. The predicted octanol–water partition coefficient (Wildman–Crippen LogP) is 10.3. The fourth-order valence-electron chi connectivity index (χ4n) is 6.23. The molecule has 0 spiro atoms. The number of benzene rings is 5. The molecule has 0 unspecified atom stereocenters. The monoisotopic (exact) mass is 667 g/mol. The van der Waals surface area contributed by atoms with E-state index in [1.165, 1.54) is 0 Å². The van der Waals surface area contributed by atoms with Crippen molar-refractivity contribution in [3.63, 3.8) is 0 Å². The van der Waals surface area contributed by atoms with Gasteiger partial charge in [0, 0.05) is 29.1 Å². The first-order valence-corrected chi connectivity index (χ1v) is 17.0. The normalized spacial score (nSPS) is 11.1. The van der Waals surface area contributed by atoms with Crippen LogP contribution in [0.25, 0.3) is 90.2 Å². The lowest BCUT2D eigenvalue weighted by Gasteiger charge is -2.11. The molecule has 7 heteroatoms. The zero-order valence-electron chi connectivity index (χ0n) is 27.9. The van der Waals surface area contributed by atoms with Gasteiger partial charge in [-0.15, -0.1) is 0 Å². The first-order valence-electron chi connectivity index (χ1n) is 17.0. The Labute approximate surface area is 300 Å². The third-order valence-electron chi connectivity index (χ3n) is 8.85. The largest absolute Gasteiger partial charge is 0.255 e. The predicted molar refractivity (Wildman–Crippen MR) is 207 cm³/mol. The van der Waals surface area contributed by atoms with Crippen molar-refractivity contribution < 1.29 is 0 Å². The van der Waals surface area contributed by atoms with Gasteiger partial charge in [-0.25, -0.2) is 24.9 Å². The molecule has 0 radical (unpaired) electrons. The molecule has 0 aliphatic carbocycles. The van der Waals surface area contributed by atoms with E-state index < -0.39 is 0 Å². The molecule has 9 aromatic rings. The second-order valence-electron chi connectivity index (χ2n) is 12.3. The molecule has 4 heterocycles. The lowest BCUT2D eigenvalue weighted by Crippen LogP contribution is -2.00. The Hall–Kier alpha value is -7.25. The lowest BCUT2D eigenvalue weighted by atomic mass is 10.0. The molecule has 9 rings (SSSR count). The van der Waals surface area contributed by atoms with Crippen LogP contribution in [0.4, 0.5) is 0 Å². The first-order chi connectivity index (χ1) is 25.7. The van der Waals surface area contributed by atoms with Crippen LogP contribution in [0.3, 0.4) is 0 Å². The summed E-state index contributed by atoms with van der Waals surface area (Å²) in [5.41, 5.74) is 11.4. The van der Waals surface area contributed by atoms with Crippen molar-refractivity contribution in [1.82, 2.24) is 34.9 Å². The van der Waals surface area contributed by atoms with Crippen LogP contribution in [0.1, 0.15) is 0 Å². The summed E-state index contributed by atoms with van der Waals surface area (Å²) in [5.74, 6) is 1.82. The van der Waals surface area contributed by atoms with Crippen molar-refractivity contribution in [3.8, 4) is 79.2 Å². The van der Waals surface area contributed by atoms with Crippen LogP contribution in [-0.4, -0.2) is 34.9 Å². The van der Waals surface area contributed by atoms with Gasteiger partial charge < -0.3 is 0 Å².